The fourth-order valence-corrected chi connectivity index (χ4v) is 6.98. The molecule has 4 rings (SSSR count). The second kappa shape index (κ2) is 11.2. The first-order valence-corrected chi connectivity index (χ1v) is 14.0. The van der Waals surface area contributed by atoms with Gasteiger partial charge in [-0.3, -0.25) is 9.10 Å². The number of fused-ring (bicyclic) bond motifs is 1. The topological polar surface area (TPSA) is 122 Å². The summed E-state index contributed by atoms with van der Waals surface area (Å²) < 4.78 is 37.5. The van der Waals surface area contributed by atoms with Gasteiger partial charge in [-0.05, 0) is 55.3 Å². The Labute approximate surface area is 224 Å². The molecular weight excluding hydrogens is 530 g/mol. The van der Waals surface area contributed by atoms with Gasteiger partial charge in [0.05, 0.1) is 36.9 Å². The molecule has 200 valence electrons. The van der Waals surface area contributed by atoms with Gasteiger partial charge in [0.2, 0.25) is 0 Å². The minimum atomic E-state index is -3.84. The number of para-hydroxylation sites is 1. The molecule has 0 fully saturated rings. The molecule has 1 aliphatic rings. The average molecular weight is 558 g/mol. The van der Waals surface area contributed by atoms with E-state index in [0.29, 0.717) is 23.7 Å². The van der Waals surface area contributed by atoms with Crippen LogP contribution in [0.1, 0.15) is 38.1 Å². The number of anilines is 2. The number of benzene rings is 2. The molecule has 10 nitrogen and oxygen atoms in total. The molecule has 2 amide bonds. The third-order valence-electron chi connectivity index (χ3n) is 6.14. The van der Waals surface area contributed by atoms with Crippen molar-refractivity contribution in [1.82, 2.24) is 4.90 Å². The summed E-state index contributed by atoms with van der Waals surface area (Å²) in [5.74, 6) is -1.11. The highest BCUT2D eigenvalue weighted by molar-refractivity contribution is 7.92. The summed E-state index contributed by atoms with van der Waals surface area (Å²) in [7, 11) is -1.28. The van der Waals surface area contributed by atoms with Crippen molar-refractivity contribution in [2.45, 2.75) is 24.8 Å². The number of carbonyl (C=O) groups excluding carboxylic acids is 3. The number of sulfonamides is 1. The van der Waals surface area contributed by atoms with Crippen molar-refractivity contribution in [1.29, 1.82) is 0 Å². The molecule has 1 aliphatic heterocycles. The minimum Gasteiger partial charge on any atom is -0.465 e. The quantitative estimate of drug-likeness (QED) is 0.434. The summed E-state index contributed by atoms with van der Waals surface area (Å²) in [4.78, 5) is 39.9. The van der Waals surface area contributed by atoms with Crippen LogP contribution in [0.15, 0.2) is 59.5 Å². The molecule has 0 saturated carbocycles. The molecule has 1 aromatic heterocycles. The fraction of sp³-hybridized carbons (Fsp3) is 0.269. The summed E-state index contributed by atoms with van der Waals surface area (Å²) in [6, 6.07) is 14.4. The predicted octanol–water partition coefficient (Wildman–Crippen LogP) is 4.13. The van der Waals surface area contributed by atoms with Crippen LogP contribution in [-0.4, -0.2) is 58.6 Å². The van der Waals surface area contributed by atoms with E-state index in [9.17, 15) is 22.8 Å². The molecule has 0 bridgehead atoms. The number of hydrogen-bond donors (Lipinski definition) is 1. The maximum absolute atomic E-state index is 13.2. The van der Waals surface area contributed by atoms with Gasteiger partial charge in [0, 0.05) is 23.5 Å². The molecule has 1 N–H and O–H groups in total. The molecule has 12 heteroatoms. The van der Waals surface area contributed by atoms with Gasteiger partial charge in [-0.25, -0.2) is 18.0 Å². The predicted molar refractivity (Wildman–Crippen MR) is 143 cm³/mol. The SMILES string of the molecule is CCN(c1ccccc1)S(=O)(=O)c1ccc(C(=O)Nc2sc3c(c2C(=O)OC)CCN(C(=O)OC)C3)cc1. The van der Waals surface area contributed by atoms with Crippen LogP contribution in [0.5, 0.6) is 0 Å². The van der Waals surface area contributed by atoms with Crippen LogP contribution in [0.25, 0.3) is 0 Å². The molecule has 2 aromatic carbocycles. The summed E-state index contributed by atoms with van der Waals surface area (Å²) >= 11 is 1.19. The number of methoxy groups -OCH3 is 2. The monoisotopic (exact) mass is 557 g/mol. The maximum Gasteiger partial charge on any atom is 0.409 e. The fourth-order valence-electron chi connectivity index (χ4n) is 4.26. The first-order chi connectivity index (χ1) is 18.2. The van der Waals surface area contributed by atoms with Gasteiger partial charge < -0.3 is 19.7 Å². The van der Waals surface area contributed by atoms with Crippen LogP contribution >= 0.6 is 11.3 Å². The average Bonchev–Trinajstić information content (AvgIpc) is 3.29. The number of ether oxygens (including phenoxy) is 2. The first-order valence-electron chi connectivity index (χ1n) is 11.8. The van der Waals surface area contributed by atoms with E-state index < -0.39 is 28.0 Å². The Balaban J connectivity index is 1.58. The molecule has 3 aromatic rings. The normalized spacial score (nSPS) is 12.9. The lowest BCUT2D eigenvalue weighted by Crippen LogP contribution is -2.35. The van der Waals surface area contributed by atoms with E-state index >= 15 is 0 Å². The minimum absolute atomic E-state index is 0.0458. The van der Waals surface area contributed by atoms with Crippen LogP contribution in [0.2, 0.25) is 0 Å². The number of hydrogen-bond acceptors (Lipinski definition) is 8. The van der Waals surface area contributed by atoms with Crippen LogP contribution < -0.4 is 9.62 Å². The third kappa shape index (κ3) is 5.22. The van der Waals surface area contributed by atoms with E-state index in [1.807, 2.05) is 6.07 Å². The highest BCUT2D eigenvalue weighted by Gasteiger charge is 2.31. The number of amides is 2. The summed E-state index contributed by atoms with van der Waals surface area (Å²) in [5.41, 5.74) is 1.73. The second-order valence-electron chi connectivity index (χ2n) is 8.32. The van der Waals surface area contributed by atoms with E-state index in [2.05, 4.69) is 5.32 Å². The van der Waals surface area contributed by atoms with Crippen LogP contribution in [-0.2, 0) is 32.5 Å². The molecular formula is C26H27N3O7S2. The van der Waals surface area contributed by atoms with Crippen molar-refractivity contribution < 1.29 is 32.3 Å². The van der Waals surface area contributed by atoms with Crippen molar-refractivity contribution >= 4 is 50.0 Å². The van der Waals surface area contributed by atoms with Crippen molar-refractivity contribution in [3.63, 3.8) is 0 Å². The highest BCUT2D eigenvalue weighted by atomic mass is 32.2. The van der Waals surface area contributed by atoms with Gasteiger partial charge in [-0.2, -0.15) is 0 Å². The Hall–Kier alpha value is -3.90. The van der Waals surface area contributed by atoms with E-state index in [1.165, 1.54) is 59.0 Å². The number of esters is 1. The largest absolute Gasteiger partial charge is 0.465 e. The van der Waals surface area contributed by atoms with Crippen molar-refractivity contribution in [3.05, 3.63) is 76.2 Å². The van der Waals surface area contributed by atoms with Gasteiger partial charge in [-0.15, -0.1) is 11.3 Å². The van der Waals surface area contributed by atoms with Gasteiger partial charge in [0.1, 0.15) is 5.00 Å². The smallest absolute Gasteiger partial charge is 0.409 e. The zero-order valence-electron chi connectivity index (χ0n) is 21.1. The molecule has 0 spiro atoms. The molecule has 0 atom stereocenters. The van der Waals surface area contributed by atoms with E-state index in [0.717, 1.165) is 10.4 Å². The van der Waals surface area contributed by atoms with Gasteiger partial charge in [-0.1, -0.05) is 18.2 Å². The molecule has 38 heavy (non-hydrogen) atoms. The van der Waals surface area contributed by atoms with Gasteiger partial charge >= 0.3 is 12.1 Å². The van der Waals surface area contributed by atoms with E-state index in [-0.39, 0.29) is 29.1 Å². The number of nitrogens with zero attached hydrogens (tertiary/aromatic N) is 2. The zero-order chi connectivity index (χ0) is 27.4. The first kappa shape index (κ1) is 27.1. The highest BCUT2D eigenvalue weighted by Crippen LogP contribution is 2.38. The number of nitrogens with one attached hydrogen (secondary N) is 1. The van der Waals surface area contributed by atoms with Gasteiger partial charge in [0.25, 0.3) is 15.9 Å². The van der Waals surface area contributed by atoms with Crippen LogP contribution in [0.3, 0.4) is 0 Å². The lowest BCUT2D eigenvalue weighted by Gasteiger charge is -2.25. The van der Waals surface area contributed by atoms with Crippen LogP contribution in [0.4, 0.5) is 15.5 Å². The van der Waals surface area contributed by atoms with Crippen molar-refractivity contribution in [3.8, 4) is 0 Å². The molecule has 0 unspecified atom stereocenters. The number of thiophene rings is 1. The lowest BCUT2D eigenvalue weighted by atomic mass is 10.0. The molecule has 0 saturated heterocycles. The standard InChI is InChI=1S/C26H27N3O7S2/c1-4-29(18-8-6-5-7-9-18)38(33,34)19-12-10-17(11-13-19)23(30)27-24-22(25(31)35-2)20-14-15-28(26(32)36-3)16-21(20)37-24/h5-13H,4,14-16H2,1-3H3,(H,27,30). The Kier molecular flexibility index (Phi) is 8.02. The van der Waals surface area contributed by atoms with Crippen molar-refractivity contribution in [2.24, 2.45) is 0 Å². The van der Waals surface area contributed by atoms with Crippen molar-refractivity contribution in [2.75, 3.05) is 36.9 Å². The second-order valence-corrected chi connectivity index (χ2v) is 11.3. The molecule has 0 aliphatic carbocycles. The Bertz CT molecular complexity index is 1450. The number of carbonyl (C=O) groups is 3. The van der Waals surface area contributed by atoms with E-state index in [4.69, 9.17) is 9.47 Å². The summed E-state index contributed by atoms with van der Waals surface area (Å²) in [5, 5.41) is 3.06. The van der Waals surface area contributed by atoms with E-state index in [1.54, 1.807) is 31.2 Å². The van der Waals surface area contributed by atoms with Gasteiger partial charge in [0.15, 0.2) is 0 Å². The van der Waals surface area contributed by atoms with Crippen LogP contribution in [0, 0.1) is 0 Å². The Morgan fingerprint density at radius 2 is 1.71 bits per heavy atom. The zero-order valence-corrected chi connectivity index (χ0v) is 22.7. The number of rotatable bonds is 7. The third-order valence-corrected chi connectivity index (χ3v) is 9.19. The molecule has 0 radical (unpaired) electrons. The summed E-state index contributed by atoms with van der Waals surface area (Å²) in [6.07, 6.45) is -0.0680. The Morgan fingerprint density at radius 3 is 2.32 bits per heavy atom. The summed E-state index contributed by atoms with van der Waals surface area (Å²) in [6.45, 7) is 2.59. The maximum atomic E-state index is 13.2. The Morgan fingerprint density at radius 1 is 1.03 bits per heavy atom. The molecule has 2 heterocycles. The lowest BCUT2D eigenvalue weighted by molar-refractivity contribution is 0.0600.